The minimum Gasteiger partial charge on any atom is -0.166 e. The first-order valence-electron chi connectivity index (χ1n) is 5.41. The second-order valence-corrected chi connectivity index (χ2v) is 5.06. The molecular weight excluding hydrogens is 296 g/mol. The smallest absolute Gasteiger partial charge is 0.166 e. The molecule has 0 aliphatic carbocycles. The zero-order valence-electron chi connectivity index (χ0n) is 9.85. The van der Waals surface area contributed by atoms with Crippen LogP contribution in [0.2, 0.25) is 10.0 Å². The van der Waals surface area contributed by atoms with Gasteiger partial charge in [-0.25, -0.2) is 0 Å². The molecule has 0 aromatic heterocycles. The molecule has 0 saturated carbocycles. The van der Waals surface area contributed by atoms with E-state index in [2.05, 4.69) is 0 Å². The summed E-state index contributed by atoms with van der Waals surface area (Å²) in [7, 11) is 0. The molecule has 2 rings (SSSR count). The zero-order valence-corrected chi connectivity index (χ0v) is 11.4. The summed E-state index contributed by atoms with van der Waals surface area (Å²) in [6, 6.07) is 8.86. The first-order chi connectivity index (χ1) is 8.77. The van der Waals surface area contributed by atoms with Crippen molar-refractivity contribution in [3.05, 3.63) is 57.6 Å². The molecule has 0 nitrogen and oxygen atoms in total. The van der Waals surface area contributed by atoms with Gasteiger partial charge in [-0.05, 0) is 47.9 Å². The SMILES string of the molecule is Cc1cc(-c2cc(Cl)cc(Cl)c2)ccc1C(F)(F)F. The van der Waals surface area contributed by atoms with Crippen LogP contribution in [-0.2, 0) is 6.18 Å². The van der Waals surface area contributed by atoms with Gasteiger partial charge in [-0.2, -0.15) is 13.2 Å². The highest BCUT2D eigenvalue weighted by atomic mass is 35.5. The molecule has 0 radical (unpaired) electrons. The Balaban J connectivity index is 2.50. The fourth-order valence-electron chi connectivity index (χ4n) is 1.88. The Hall–Kier alpha value is -1.19. The number of alkyl halides is 3. The summed E-state index contributed by atoms with van der Waals surface area (Å²) in [5.41, 5.74) is 0.870. The van der Waals surface area contributed by atoms with Gasteiger partial charge in [0.2, 0.25) is 0 Å². The highest BCUT2D eigenvalue weighted by Gasteiger charge is 2.32. The molecule has 100 valence electrons. The molecule has 0 unspecified atom stereocenters. The Labute approximate surface area is 118 Å². The van der Waals surface area contributed by atoms with E-state index in [4.69, 9.17) is 23.2 Å². The average molecular weight is 305 g/mol. The molecule has 2 aromatic carbocycles. The van der Waals surface area contributed by atoms with Crippen molar-refractivity contribution in [2.24, 2.45) is 0 Å². The van der Waals surface area contributed by atoms with Gasteiger partial charge in [-0.3, -0.25) is 0 Å². The summed E-state index contributed by atoms with van der Waals surface area (Å²) in [6.07, 6.45) is -4.34. The maximum absolute atomic E-state index is 12.7. The molecule has 0 amide bonds. The minimum atomic E-state index is -4.34. The van der Waals surface area contributed by atoms with Crippen molar-refractivity contribution < 1.29 is 13.2 Å². The highest BCUT2D eigenvalue weighted by Crippen LogP contribution is 2.35. The lowest BCUT2D eigenvalue weighted by Crippen LogP contribution is -2.07. The van der Waals surface area contributed by atoms with E-state index in [9.17, 15) is 13.2 Å². The van der Waals surface area contributed by atoms with Crippen LogP contribution >= 0.6 is 23.2 Å². The molecule has 0 aliphatic heterocycles. The van der Waals surface area contributed by atoms with Gasteiger partial charge in [0.1, 0.15) is 0 Å². The third-order valence-corrected chi connectivity index (χ3v) is 3.16. The maximum Gasteiger partial charge on any atom is 0.416 e. The van der Waals surface area contributed by atoms with Crippen LogP contribution in [0.3, 0.4) is 0 Å². The van der Waals surface area contributed by atoms with E-state index in [1.807, 2.05) is 0 Å². The van der Waals surface area contributed by atoms with Gasteiger partial charge in [0.25, 0.3) is 0 Å². The Morgan fingerprint density at radius 2 is 1.42 bits per heavy atom. The van der Waals surface area contributed by atoms with Crippen LogP contribution in [0.1, 0.15) is 11.1 Å². The third-order valence-electron chi connectivity index (χ3n) is 2.73. The molecule has 0 spiro atoms. The second-order valence-electron chi connectivity index (χ2n) is 4.19. The van der Waals surface area contributed by atoms with Crippen molar-refractivity contribution in [2.75, 3.05) is 0 Å². The van der Waals surface area contributed by atoms with Crippen LogP contribution in [0.5, 0.6) is 0 Å². The summed E-state index contributed by atoms with van der Waals surface area (Å²) >= 11 is 11.8. The molecule has 2 aromatic rings. The van der Waals surface area contributed by atoms with Crippen LogP contribution < -0.4 is 0 Å². The summed E-state index contributed by atoms with van der Waals surface area (Å²) in [5.74, 6) is 0. The summed E-state index contributed by atoms with van der Waals surface area (Å²) < 4.78 is 38.0. The van der Waals surface area contributed by atoms with Gasteiger partial charge < -0.3 is 0 Å². The second kappa shape index (κ2) is 5.06. The summed E-state index contributed by atoms with van der Waals surface area (Å²) in [4.78, 5) is 0. The molecule has 0 N–H and O–H groups in total. The van der Waals surface area contributed by atoms with Crippen LogP contribution in [-0.4, -0.2) is 0 Å². The number of halogens is 5. The Morgan fingerprint density at radius 3 is 1.89 bits per heavy atom. The van der Waals surface area contributed by atoms with Crippen LogP contribution in [0.4, 0.5) is 13.2 Å². The lowest BCUT2D eigenvalue weighted by molar-refractivity contribution is -0.138. The van der Waals surface area contributed by atoms with Crippen LogP contribution in [0.25, 0.3) is 11.1 Å². The van der Waals surface area contributed by atoms with E-state index in [1.165, 1.54) is 19.1 Å². The summed E-state index contributed by atoms with van der Waals surface area (Å²) in [5, 5.41) is 0.889. The number of rotatable bonds is 1. The van der Waals surface area contributed by atoms with Crippen LogP contribution in [0.15, 0.2) is 36.4 Å². The lowest BCUT2D eigenvalue weighted by atomic mass is 10.00. The lowest BCUT2D eigenvalue weighted by Gasteiger charge is -2.12. The van der Waals surface area contributed by atoms with Crippen molar-refractivity contribution in [1.82, 2.24) is 0 Å². The molecule has 0 fully saturated rings. The molecule has 0 bridgehead atoms. The van der Waals surface area contributed by atoms with E-state index >= 15 is 0 Å². The van der Waals surface area contributed by atoms with Gasteiger partial charge in [-0.15, -0.1) is 0 Å². The number of aryl methyl sites for hydroxylation is 1. The quantitative estimate of drug-likeness (QED) is 0.607. The maximum atomic E-state index is 12.7. The van der Waals surface area contributed by atoms with Crippen molar-refractivity contribution in [3.63, 3.8) is 0 Å². The van der Waals surface area contributed by atoms with Crippen molar-refractivity contribution in [3.8, 4) is 11.1 Å². The van der Waals surface area contributed by atoms with Crippen molar-refractivity contribution >= 4 is 23.2 Å². The molecule has 0 aliphatic rings. The van der Waals surface area contributed by atoms with Gasteiger partial charge in [0, 0.05) is 10.0 Å². The fraction of sp³-hybridized carbons (Fsp3) is 0.143. The molecule has 19 heavy (non-hydrogen) atoms. The van der Waals surface area contributed by atoms with Crippen molar-refractivity contribution in [2.45, 2.75) is 13.1 Å². The van der Waals surface area contributed by atoms with E-state index in [0.29, 0.717) is 21.2 Å². The molecular formula is C14H9Cl2F3. The molecule has 0 heterocycles. The van der Waals surface area contributed by atoms with E-state index in [0.717, 1.165) is 6.07 Å². The van der Waals surface area contributed by atoms with Gasteiger partial charge >= 0.3 is 6.18 Å². The zero-order chi connectivity index (χ0) is 14.2. The van der Waals surface area contributed by atoms with Crippen LogP contribution in [0, 0.1) is 6.92 Å². The topological polar surface area (TPSA) is 0 Å². The largest absolute Gasteiger partial charge is 0.416 e. The summed E-state index contributed by atoms with van der Waals surface area (Å²) in [6.45, 7) is 1.43. The Kier molecular flexibility index (Phi) is 3.79. The molecule has 0 atom stereocenters. The first kappa shape index (κ1) is 14.2. The van der Waals surface area contributed by atoms with Crippen molar-refractivity contribution in [1.29, 1.82) is 0 Å². The third kappa shape index (κ3) is 3.23. The van der Waals surface area contributed by atoms with Gasteiger partial charge in [0.15, 0.2) is 0 Å². The molecule has 5 heteroatoms. The predicted molar refractivity (Wildman–Crippen MR) is 71.6 cm³/mol. The number of hydrogen-bond donors (Lipinski definition) is 0. The Morgan fingerprint density at radius 1 is 0.842 bits per heavy atom. The average Bonchev–Trinajstić information content (AvgIpc) is 2.25. The monoisotopic (exact) mass is 304 g/mol. The number of benzene rings is 2. The standard InChI is InChI=1S/C14H9Cl2F3/c1-8-4-9(2-3-13(8)14(17,18)19)10-5-11(15)7-12(16)6-10/h2-7H,1H3. The first-order valence-corrected chi connectivity index (χ1v) is 6.17. The van der Waals surface area contributed by atoms with Gasteiger partial charge in [-0.1, -0.05) is 35.3 Å². The van der Waals surface area contributed by atoms with E-state index in [-0.39, 0.29) is 5.56 Å². The fourth-order valence-corrected chi connectivity index (χ4v) is 2.41. The minimum absolute atomic E-state index is 0.168. The van der Waals surface area contributed by atoms with Gasteiger partial charge in [0.05, 0.1) is 5.56 Å². The number of hydrogen-bond acceptors (Lipinski definition) is 0. The predicted octanol–water partition coefficient (Wildman–Crippen LogP) is 5.99. The highest BCUT2D eigenvalue weighted by molar-refractivity contribution is 6.35. The molecule has 0 saturated heterocycles. The Bertz CT molecular complexity index is 598. The van der Waals surface area contributed by atoms with E-state index < -0.39 is 11.7 Å². The normalized spacial score (nSPS) is 11.7. The van der Waals surface area contributed by atoms with E-state index in [1.54, 1.807) is 18.2 Å².